The van der Waals surface area contributed by atoms with Crippen LogP contribution in [0.25, 0.3) is 10.8 Å². The second-order valence-electron chi connectivity index (χ2n) is 5.65. The highest BCUT2D eigenvalue weighted by Crippen LogP contribution is 2.34. The van der Waals surface area contributed by atoms with Crippen LogP contribution in [0.1, 0.15) is 5.69 Å². The Balaban J connectivity index is 1.75. The Labute approximate surface area is 148 Å². The number of hydrogen-bond donors (Lipinski definition) is 2. The van der Waals surface area contributed by atoms with E-state index in [1.165, 1.54) is 23.9 Å². The first kappa shape index (κ1) is 15.7. The summed E-state index contributed by atoms with van der Waals surface area (Å²) >= 11 is 1.44. The first-order valence-electron chi connectivity index (χ1n) is 7.80. The van der Waals surface area contributed by atoms with Crippen molar-refractivity contribution in [1.29, 1.82) is 0 Å². The molecule has 4 aromatic rings. The maximum atomic E-state index is 13.5. The number of aryl methyl sites for hydroxylation is 1. The highest BCUT2D eigenvalue weighted by atomic mass is 32.2. The number of aromatic nitrogens is 3. The molecule has 25 heavy (non-hydrogen) atoms. The monoisotopic (exact) mass is 350 g/mol. The van der Waals surface area contributed by atoms with Crippen LogP contribution in [0.4, 0.5) is 16.0 Å². The van der Waals surface area contributed by atoms with Gasteiger partial charge in [0.25, 0.3) is 0 Å². The van der Waals surface area contributed by atoms with Crippen molar-refractivity contribution in [3.8, 4) is 0 Å². The lowest BCUT2D eigenvalue weighted by Gasteiger charge is -2.10. The van der Waals surface area contributed by atoms with Crippen molar-refractivity contribution in [2.75, 3.05) is 5.32 Å². The third-order valence-corrected chi connectivity index (χ3v) is 4.67. The van der Waals surface area contributed by atoms with E-state index in [1.807, 2.05) is 49.4 Å². The zero-order valence-corrected chi connectivity index (χ0v) is 14.3. The van der Waals surface area contributed by atoms with Gasteiger partial charge in [0.05, 0.1) is 0 Å². The Bertz CT molecular complexity index is 1040. The molecule has 4 rings (SSSR count). The Hall–Kier alpha value is -2.86. The number of nitrogens with one attached hydrogen (secondary N) is 2. The van der Waals surface area contributed by atoms with Gasteiger partial charge in [-0.25, -0.2) is 9.37 Å². The summed E-state index contributed by atoms with van der Waals surface area (Å²) in [6.45, 7) is 1.94. The molecule has 0 fully saturated rings. The van der Waals surface area contributed by atoms with E-state index in [1.54, 1.807) is 6.07 Å². The van der Waals surface area contributed by atoms with Gasteiger partial charge in [-0.3, -0.25) is 5.10 Å². The summed E-state index contributed by atoms with van der Waals surface area (Å²) in [7, 11) is 0. The second-order valence-corrected chi connectivity index (χ2v) is 6.72. The summed E-state index contributed by atoms with van der Waals surface area (Å²) in [6, 6.07) is 18.4. The van der Waals surface area contributed by atoms with E-state index in [0.717, 1.165) is 26.4 Å². The van der Waals surface area contributed by atoms with E-state index >= 15 is 0 Å². The van der Waals surface area contributed by atoms with Crippen LogP contribution < -0.4 is 5.32 Å². The van der Waals surface area contributed by atoms with Gasteiger partial charge in [0, 0.05) is 22.0 Å². The lowest BCUT2D eigenvalue weighted by molar-refractivity contribution is 0.624. The number of anilines is 2. The number of rotatable bonds is 4. The van der Waals surface area contributed by atoms with Crippen LogP contribution in [-0.2, 0) is 0 Å². The Kier molecular flexibility index (Phi) is 4.11. The Morgan fingerprint density at radius 1 is 1.00 bits per heavy atom. The predicted octanol–water partition coefficient (Wildman–Crippen LogP) is 5.30. The molecule has 0 spiro atoms. The van der Waals surface area contributed by atoms with E-state index in [9.17, 15) is 4.39 Å². The topological polar surface area (TPSA) is 53.6 Å². The molecule has 6 heteroatoms. The molecule has 0 bridgehead atoms. The minimum absolute atomic E-state index is 0.254. The molecule has 0 aliphatic carbocycles. The fraction of sp³-hybridized carbons (Fsp3) is 0.0526. The lowest BCUT2D eigenvalue weighted by atomic mass is 10.2. The number of H-pyrrole nitrogens is 1. The first-order chi connectivity index (χ1) is 12.2. The summed E-state index contributed by atoms with van der Waals surface area (Å²) in [5.41, 5.74) is 0.970. The van der Waals surface area contributed by atoms with Gasteiger partial charge in [-0.2, -0.15) is 5.10 Å². The molecular formula is C19H15FN4S. The van der Waals surface area contributed by atoms with Crippen LogP contribution in [0.3, 0.4) is 0 Å². The minimum atomic E-state index is -0.254. The average molecular weight is 350 g/mol. The number of pyridine rings is 1. The molecule has 2 heterocycles. The largest absolute Gasteiger partial charge is 0.323 e. The number of hydrogen-bond acceptors (Lipinski definition) is 4. The van der Waals surface area contributed by atoms with Gasteiger partial charge in [0.1, 0.15) is 16.7 Å². The maximum Gasteiger partial charge on any atom is 0.153 e. The zero-order chi connectivity index (χ0) is 17.2. The second kappa shape index (κ2) is 6.57. The lowest BCUT2D eigenvalue weighted by Crippen LogP contribution is -1.96. The van der Waals surface area contributed by atoms with Gasteiger partial charge in [-0.05, 0) is 36.6 Å². The van der Waals surface area contributed by atoms with Gasteiger partial charge in [0.2, 0.25) is 0 Å². The van der Waals surface area contributed by atoms with Crippen LogP contribution in [0, 0.1) is 12.7 Å². The van der Waals surface area contributed by atoms with Crippen molar-refractivity contribution in [2.45, 2.75) is 16.8 Å². The molecule has 2 N–H and O–H groups in total. The molecule has 0 saturated carbocycles. The summed E-state index contributed by atoms with van der Waals surface area (Å²) in [5.74, 6) is 1.15. The highest BCUT2D eigenvalue weighted by molar-refractivity contribution is 7.99. The third kappa shape index (κ3) is 3.49. The van der Waals surface area contributed by atoms with Crippen LogP contribution in [0.15, 0.2) is 70.6 Å². The SMILES string of the molecule is Cc1cc(Nc2cc3ccccc3c(Sc3cccc(F)c3)n2)n[nH]1. The number of nitrogens with zero attached hydrogens (tertiary/aromatic N) is 2. The first-order valence-corrected chi connectivity index (χ1v) is 8.61. The molecule has 0 radical (unpaired) electrons. The van der Waals surface area contributed by atoms with Crippen LogP contribution in [0.5, 0.6) is 0 Å². The Morgan fingerprint density at radius 2 is 1.88 bits per heavy atom. The number of fused-ring (bicyclic) bond motifs is 1. The van der Waals surface area contributed by atoms with Crippen molar-refractivity contribution in [1.82, 2.24) is 15.2 Å². The van der Waals surface area contributed by atoms with E-state index < -0.39 is 0 Å². The fourth-order valence-corrected chi connectivity index (χ4v) is 3.55. The number of halogens is 1. The molecule has 4 nitrogen and oxygen atoms in total. The summed E-state index contributed by atoms with van der Waals surface area (Å²) in [6.07, 6.45) is 0. The fourth-order valence-electron chi connectivity index (χ4n) is 2.56. The van der Waals surface area contributed by atoms with Gasteiger partial charge in [0.15, 0.2) is 5.82 Å². The number of benzene rings is 2. The standard InChI is InChI=1S/C19H15FN4S/c1-12-9-18(24-23-12)21-17-10-13-5-2-3-8-16(13)19(22-17)25-15-7-4-6-14(20)11-15/h2-11H,1H3,(H2,21,22,23,24). The van der Waals surface area contributed by atoms with Gasteiger partial charge in [-0.15, -0.1) is 0 Å². The average Bonchev–Trinajstić information content (AvgIpc) is 3.00. The maximum absolute atomic E-state index is 13.5. The van der Waals surface area contributed by atoms with E-state index in [-0.39, 0.29) is 5.82 Å². The smallest absolute Gasteiger partial charge is 0.153 e. The van der Waals surface area contributed by atoms with Crippen molar-refractivity contribution in [3.63, 3.8) is 0 Å². The summed E-state index contributed by atoms with van der Waals surface area (Å²) in [5, 5.41) is 13.2. The molecule has 0 aliphatic heterocycles. The zero-order valence-electron chi connectivity index (χ0n) is 13.5. The van der Waals surface area contributed by atoms with Gasteiger partial charge in [-0.1, -0.05) is 42.1 Å². The third-order valence-electron chi connectivity index (χ3n) is 3.68. The molecule has 0 aliphatic rings. The van der Waals surface area contributed by atoms with Crippen molar-refractivity contribution in [3.05, 3.63) is 72.2 Å². The van der Waals surface area contributed by atoms with Crippen molar-refractivity contribution in [2.24, 2.45) is 0 Å². The highest BCUT2D eigenvalue weighted by Gasteiger charge is 2.09. The Morgan fingerprint density at radius 3 is 2.68 bits per heavy atom. The normalized spacial score (nSPS) is 11.0. The summed E-state index contributed by atoms with van der Waals surface area (Å²) < 4.78 is 13.5. The molecule has 124 valence electrons. The molecular weight excluding hydrogens is 335 g/mol. The van der Waals surface area contributed by atoms with Crippen molar-refractivity contribution >= 4 is 34.2 Å². The van der Waals surface area contributed by atoms with Crippen LogP contribution in [0.2, 0.25) is 0 Å². The molecule has 2 aromatic carbocycles. The summed E-state index contributed by atoms with van der Waals surface area (Å²) in [4.78, 5) is 5.52. The van der Waals surface area contributed by atoms with E-state index in [4.69, 9.17) is 4.98 Å². The minimum Gasteiger partial charge on any atom is -0.323 e. The van der Waals surface area contributed by atoms with Crippen LogP contribution >= 0.6 is 11.8 Å². The van der Waals surface area contributed by atoms with Gasteiger partial charge < -0.3 is 5.32 Å². The quantitative estimate of drug-likeness (QED) is 0.524. The molecule has 0 unspecified atom stereocenters. The van der Waals surface area contributed by atoms with Crippen molar-refractivity contribution < 1.29 is 4.39 Å². The molecule has 2 aromatic heterocycles. The predicted molar refractivity (Wildman–Crippen MR) is 98.9 cm³/mol. The van der Waals surface area contributed by atoms with Crippen LogP contribution in [-0.4, -0.2) is 15.2 Å². The van der Waals surface area contributed by atoms with Gasteiger partial charge >= 0.3 is 0 Å². The van der Waals surface area contributed by atoms with E-state index in [0.29, 0.717) is 11.6 Å². The molecule has 0 atom stereocenters. The molecule has 0 saturated heterocycles. The molecule has 0 amide bonds. The number of aromatic amines is 1. The van der Waals surface area contributed by atoms with E-state index in [2.05, 4.69) is 15.5 Å².